The number of aromatic nitrogens is 3. The predicted molar refractivity (Wildman–Crippen MR) is 76.5 cm³/mol. The van der Waals surface area contributed by atoms with Crippen LogP contribution in [0, 0.1) is 0 Å². The van der Waals surface area contributed by atoms with E-state index in [4.69, 9.17) is 11.6 Å². The first-order valence-electron chi connectivity index (χ1n) is 6.06. The van der Waals surface area contributed by atoms with Crippen LogP contribution in [0.1, 0.15) is 15.9 Å². The fourth-order valence-electron chi connectivity index (χ4n) is 1.87. The van der Waals surface area contributed by atoms with Gasteiger partial charge in [0.2, 0.25) is 0 Å². The third-order valence-corrected chi connectivity index (χ3v) is 3.21. The molecule has 100 valence electrons. The van der Waals surface area contributed by atoms with Crippen molar-refractivity contribution in [2.75, 3.05) is 0 Å². The van der Waals surface area contributed by atoms with Gasteiger partial charge in [0.25, 0.3) is 5.91 Å². The van der Waals surface area contributed by atoms with Gasteiger partial charge in [0, 0.05) is 17.1 Å². The Labute approximate surface area is 120 Å². The molecule has 0 atom stereocenters. The summed E-state index contributed by atoms with van der Waals surface area (Å²) in [5.74, 6) is -0.148. The van der Waals surface area contributed by atoms with Gasteiger partial charge in [-0.2, -0.15) is 0 Å². The van der Waals surface area contributed by atoms with Crippen molar-refractivity contribution in [3.05, 3.63) is 58.6 Å². The van der Waals surface area contributed by atoms with Gasteiger partial charge in [-0.05, 0) is 35.9 Å². The molecular formula is C14H11ClN4O. The zero-order valence-corrected chi connectivity index (χ0v) is 11.2. The molecule has 20 heavy (non-hydrogen) atoms. The Kier molecular flexibility index (Phi) is 3.35. The second-order valence-corrected chi connectivity index (χ2v) is 4.79. The lowest BCUT2D eigenvalue weighted by Crippen LogP contribution is -2.22. The number of hydrogen-bond donors (Lipinski definition) is 2. The van der Waals surface area contributed by atoms with Gasteiger partial charge in [-0.25, -0.2) is 0 Å². The molecule has 0 radical (unpaired) electrons. The van der Waals surface area contributed by atoms with Crippen LogP contribution in [0.15, 0.2) is 42.5 Å². The molecule has 0 aliphatic carbocycles. The van der Waals surface area contributed by atoms with E-state index in [1.807, 2.05) is 12.1 Å². The quantitative estimate of drug-likeness (QED) is 0.777. The van der Waals surface area contributed by atoms with Gasteiger partial charge >= 0.3 is 0 Å². The second-order valence-electron chi connectivity index (χ2n) is 4.35. The topological polar surface area (TPSA) is 70.7 Å². The normalized spacial score (nSPS) is 10.7. The fourth-order valence-corrected chi connectivity index (χ4v) is 2.00. The lowest BCUT2D eigenvalue weighted by molar-refractivity contribution is 0.0951. The zero-order valence-electron chi connectivity index (χ0n) is 10.4. The summed E-state index contributed by atoms with van der Waals surface area (Å²) >= 11 is 5.81. The minimum Gasteiger partial charge on any atom is -0.348 e. The number of rotatable bonds is 3. The van der Waals surface area contributed by atoms with Crippen molar-refractivity contribution in [3.8, 4) is 0 Å². The number of nitrogens with one attached hydrogen (secondary N) is 2. The average molecular weight is 287 g/mol. The third kappa shape index (κ3) is 2.62. The van der Waals surface area contributed by atoms with Gasteiger partial charge < -0.3 is 5.32 Å². The SMILES string of the molecule is O=C(NCc1ccc(Cl)cc1)c1ccc2[nH]nnc2c1. The number of aromatic amines is 1. The summed E-state index contributed by atoms with van der Waals surface area (Å²) in [6.07, 6.45) is 0. The van der Waals surface area contributed by atoms with Gasteiger partial charge in [-0.15, -0.1) is 5.10 Å². The molecule has 0 saturated heterocycles. The molecule has 0 fully saturated rings. The molecule has 1 aromatic heterocycles. The number of carbonyl (C=O) groups excluding carboxylic acids is 1. The van der Waals surface area contributed by atoms with Crippen molar-refractivity contribution < 1.29 is 4.79 Å². The summed E-state index contributed by atoms with van der Waals surface area (Å²) in [6, 6.07) is 12.6. The van der Waals surface area contributed by atoms with Crippen molar-refractivity contribution in [2.45, 2.75) is 6.54 Å². The number of benzene rings is 2. The predicted octanol–water partition coefficient (Wildman–Crippen LogP) is 2.54. The summed E-state index contributed by atoms with van der Waals surface area (Å²) in [5.41, 5.74) is 3.02. The summed E-state index contributed by atoms with van der Waals surface area (Å²) < 4.78 is 0. The molecule has 2 aromatic carbocycles. The van der Waals surface area contributed by atoms with Crippen LogP contribution in [0.3, 0.4) is 0 Å². The minimum atomic E-state index is -0.148. The van der Waals surface area contributed by atoms with Gasteiger partial charge in [0.15, 0.2) is 0 Å². The highest BCUT2D eigenvalue weighted by molar-refractivity contribution is 6.30. The van der Waals surface area contributed by atoms with Crippen LogP contribution in [0.25, 0.3) is 11.0 Å². The highest BCUT2D eigenvalue weighted by Gasteiger charge is 2.07. The molecule has 1 heterocycles. The summed E-state index contributed by atoms with van der Waals surface area (Å²) in [7, 11) is 0. The summed E-state index contributed by atoms with van der Waals surface area (Å²) in [4.78, 5) is 12.1. The number of amides is 1. The van der Waals surface area contributed by atoms with Crippen LogP contribution in [0.5, 0.6) is 0 Å². The van der Waals surface area contributed by atoms with E-state index in [0.29, 0.717) is 22.6 Å². The summed E-state index contributed by atoms with van der Waals surface area (Å²) in [6.45, 7) is 0.451. The number of hydrogen-bond acceptors (Lipinski definition) is 3. The molecule has 0 aliphatic heterocycles. The van der Waals surface area contributed by atoms with E-state index >= 15 is 0 Å². The largest absolute Gasteiger partial charge is 0.348 e. The monoisotopic (exact) mass is 286 g/mol. The van der Waals surface area contributed by atoms with E-state index in [1.54, 1.807) is 30.3 Å². The number of carbonyl (C=O) groups is 1. The third-order valence-electron chi connectivity index (χ3n) is 2.95. The highest BCUT2D eigenvalue weighted by atomic mass is 35.5. The van der Waals surface area contributed by atoms with Crippen molar-refractivity contribution in [1.82, 2.24) is 20.7 Å². The van der Waals surface area contributed by atoms with Gasteiger partial charge in [0.1, 0.15) is 5.52 Å². The first-order valence-corrected chi connectivity index (χ1v) is 6.43. The molecule has 6 heteroatoms. The molecule has 0 aliphatic rings. The van der Waals surface area contributed by atoms with E-state index in [9.17, 15) is 4.79 Å². The lowest BCUT2D eigenvalue weighted by Gasteiger charge is -2.05. The maximum absolute atomic E-state index is 12.1. The molecule has 1 amide bonds. The minimum absolute atomic E-state index is 0.148. The maximum atomic E-state index is 12.1. The lowest BCUT2D eigenvalue weighted by atomic mass is 10.1. The number of fused-ring (bicyclic) bond motifs is 1. The standard InChI is InChI=1S/C14H11ClN4O/c15-11-4-1-9(2-5-11)8-16-14(20)10-3-6-12-13(7-10)18-19-17-12/h1-7H,8H2,(H,16,20)(H,17,18,19). The van der Waals surface area contributed by atoms with Crippen LogP contribution in [0.4, 0.5) is 0 Å². The van der Waals surface area contributed by atoms with Crippen LogP contribution >= 0.6 is 11.6 Å². The Bertz CT molecular complexity index is 751. The molecule has 0 saturated carbocycles. The van der Waals surface area contributed by atoms with E-state index < -0.39 is 0 Å². The van der Waals surface area contributed by atoms with Crippen molar-refractivity contribution in [3.63, 3.8) is 0 Å². The van der Waals surface area contributed by atoms with Crippen LogP contribution < -0.4 is 5.32 Å². The molecule has 2 N–H and O–H groups in total. The summed E-state index contributed by atoms with van der Waals surface area (Å²) in [5, 5.41) is 13.8. The van der Waals surface area contributed by atoms with E-state index in [2.05, 4.69) is 20.7 Å². The Morgan fingerprint density at radius 1 is 1.20 bits per heavy atom. The van der Waals surface area contributed by atoms with Gasteiger partial charge in [0.05, 0.1) is 5.52 Å². The van der Waals surface area contributed by atoms with Crippen LogP contribution in [0.2, 0.25) is 5.02 Å². The van der Waals surface area contributed by atoms with Crippen LogP contribution in [-0.2, 0) is 6.54 Å². The van der Waals surface area contributed by atoms with Crippen molar-refractivity contribution in [1.29, 1.82) is 0 Å². The smallest absolute Gasteiger partial charge is 0.251 e. The molecule has 3 aromatic rings. The van der Waals surface area contributed by atoms with Gasteiger partial charge in [-0.1, -0.05) is 28.9 Å². The molecule has 0 spiro atoms. The maximum Gasteiger partial charge on any atom is 0.251 e. The number of nitrogens with zero attached hydrogens (tertiary/aromatic N) is 2. The Hall–Kier alpha value is -2.40. The highest BCUT2D eigenvalue weighted by Crippen LogP contribution is 2.12. The molecular weight excluding hydrogens is 276 g/mol. The Balaban J connectivity index is 1.70. The molecule has 3 rings (SSSR count). The fraction of sp³-hybridized carbons (Fsp3) is 0.0714. The number of halogens is 1. The molecule has 0 unspecified atom stereocenters. The Morgan fingerprint density at radius 3 is 2.80 bits per heavy atom. The number of H-pyrrole nitrogens is 1. The van der Waals surface area contributed by atoms with Crippen molar-refractivity contribution >= 4 is 28.5 Å². The second kappa shape index (κ2) is 5.30. The van der Waals surface area contributed by atoms with Gasteiger partial charge in [-0.3, -0.25) is 9.89 Å². The van der Waals surface area contributed by atoms with E-state index in [0.717, 1.165) is 11.1 Å². The van der Waals surface area contributed by atoms with E-state index in [1.165, 1.54) is 0 Å². The zero-order chi connectivity index (χ0) is 13.9. The molecule has 0 bridgehead atoms. The first-order chi connectivity index (χ1) is 9.72. The average Bonchev–Trinajstić information content (AvgIpc) is 2.93. The van der Waals surface area contributed by atoms with E-state index in [-0.39, 0.29) is 5.91 Å². The Morgan fingerprint density at radius 2 is 2.00 bits per heavy atom. The molecule has 5 nitrogen and oxygen atoms in total. The first kappa shape index (κ1) is 12.6. The van der Waals surface area contributed by atoms with Crippen molar-refractivity contribution in [2.24, 2.45) is 0 Å². The van der Waals surface area contributed by atoms with Crippen LogP contribution in [-0.4, -0.2) is 21.3 Å².